The van der Waals surface area contributed by atoms with Gasteiger partial charge in [-0.1, -0.05) is 173 Å². The molecule has 0 aliphatic heterocycles. The van der Waals surface area contributed by atoms with Crippen LogP contribution in [0.25, 0.3) is 0 Å². The van der Waals surface area contributed by atoms with Crippen LogP contribution in [0.3, 0.4) is 0 Å². The Labute approximate surface area is 340 Å². The van der Waals surface area contributed by atoms with Crippen molar-refractivity contribution in [2.24, 2.45) is 5.73 Å². The fourth-order valence-corrected chi connectivity index (χ4v) is 7.19. The van der Waals surface area contributed by atoms with Gasteiger partial charge in [-0.3, -0.25) is 9.59 Å². The van der Waals surface area contributed by atoms with Crippen molar-refractivity contribution < 1.29 is 24.2 Å². The predicted molar refractivity (Wildman–Crippen MR) is 234 cm³/mol. The lowest BCUT2D eigenvalue weighted by molar-refractivity contribution is -0.150. The average Bonchev–Trinajstić information content (AvgIpc) is 3.17. The highest BCUT2D eigenvalue weighted by atomic mass is 16.5. The van der Waals surface area contributed by atoms with E-state index in [4.69, 9.17) is 10.5 Å². The van der Waals surface area contributed by atoms with Gasteiger partial charge < -0.3 is 20.9 Å². The second-order valence-corrected chi connectivity index (χ2v) is 16.2. The number of aliphatic carboxylic acids is 1. The van der Waals surface area contributed by atoms with E-state index < -0.39 is 12.0 Å². The van der Waals surface area contributed by atoms with Crippen molar-refractivity contribution in [1.82, 2.24) is 5.32 Å². The van der Waals surface area contributed by atoms with Gasteiger partial charge in [-0.2, -0.15) is 0 Å². The number of carbonyl (C=O) groups excluding carboxylic acids is 2. The molecule has 0 aliphatic rings. The van der Waals surface area contributed by atoms with Gasteiger partial charge >= 0.3 is 11.9 Å². The Bertz CT molecular complexity index is 920. The van der Waals surface area contributed by atoms with E-state index in [0.29, 0.717) is 32.2 Å². The molecule has 0 rings (SSSR count). The molecule has 0 saturated carbocycles. The molecule has 2 unspecified atom stereocenters. The van der Waals surface area contributed by atoms with Crippen LogP contribution in [0.1, 0.15) is 245 Å². The zero-order valence-electron chi connectivity index (χ0n) is 36.3. The average molecular weight is 775 g/mol. The molecule has 7 nitrogen and oxygen atoms in total. The third-order valence-electron chi connectivity index (χ3n) is 10.8. The van der Waals surface area contributed by atoms with E-state index in [1.165, 1.54) is 128 Å². The summed E-state index contributed by atoms with van der Waals surface area (Å²) in [6, 6.07) is -0.856. The molecule has 0 aromatic heterocycles. The van der Waals surface area contributed by atoms with Crippen LogP contribution in [0.15, 0.2) is 24.3 Å². The summed E-state index contributed by atoms with van der Waals surface area (Å²) in [7, 11) is 0. The first-order valence-corrected chi connectivity index (χ1v) is 23.7. The van der Waals surface area contributed by atoms with Crippen molar-refractivity contribution in [3.63, 3.8) is 0 Å². The number of amides is 1. The van der Waals surface area contributed by atoms with Crippen molar-refractivity contribution >= 4 is 17.8 Å². The SMILES string of the molecule is CCCCC/C=C\C/C=C\CCCCCCCC(=O)OC(CCCCCCCCCCCCCCCC)CCCCCCCC(=O)NC(CCCN)C(=O)O. The Morgan fingerprint density at radius 2 is 0.945 bits per heavy atom. The molecule has 0 radical (unpaired) electrons. The lowest BCUT2D eigenvalue weighted by Crippen LogP contribution is -2.40. The normalized spacial score (nSPS) is 12.8. The van der Waals surface area contributed by atoms with E-state index >= 15 is 0 Å². The van der Waals surface area contributed by atoms with Gasteiger partial charge in [-0.25, -0.2) is 4.79 Å². The van der Waals surface area contributed by atoms with E-state index in [1.807, 2.05) is 0 Å². The predicted octanol–water partition coefficient (Wildman–Crippen LogP) is 13.6. The van der Waals surface area contributed by atoms with Gasteiger partial charge in [0, 0.05) is 12.8 Å². The molecule has 0 aromatic rings. The Hall–Kier alpha value is -2.15. The van der Waals surface area contributed by atoms with Crippen LogP contribution in [0.4, 0.5) is 0 Å². The molecule has 322 valence electrons. The summed E-state index contributed by atoms with van der Waals surface area (Å²) in [5, 5.41) is 12.0. The Morgan fingerprint density at radius 3 is 1.44 bits per heavy atom. The quantitative estimate of drug-likeness (QED) is 0.0322. The highest BCUT2D eigenvalue weighted by Crippen LogP contribution is 2.19. The topological polar surface area (TPSA) is 119 Å². The Morgan fingerprint density at radius 1 is 0.527 bits per heavy atom. The van der Waals surface area contributed by atoms with Crippen molar-refractivity contribution in [2.45, 2.75) is 257 Å². The first-order chi connectivity index (χ1) is 26.9. The maximum atomic E-state index is 12.8. The number of unbranched alkanes of at least 4 members (excludes halogenated alkanes) is 25. The minimum Gasteiger partial charge on any atom is -0.480 e. The fourth-order valence-electron chi connectivity index (χ4n) is 7.19. The molecule has 0 aromatic carbocycles. The zero-order chi connectivity index (χ0) is 40.3. The molecular formula is C48H90N2O5. The largest absolute Gasteiger partial charge is 0.480 e. The summed E-state index contributed by atoms with van der Waals surface area (Å²) in [5.41, 5.74) is 5.49. The molecule has 2 atom stereocenters. The van der Waals surface area contributed by atoms with Gasteiger partial charge in [0.15, 0.2) is 0 Å². The van der Waals surface area contributed by atoms with Gasteiger partial charge in [0.2, 0.25) is 5.91 Å². The van der Waals surface area contributed by atoms with Gasteiger partial charge in [0.1, 0.15) is 12.1 Å². The number of nitrogens with one attached hydrogen (secondary N) is 1. The third kappa shape index (κ3) is 39.9. The van der Waals surface area contributed by atoms with Crippen molar-refractivity contribution in [3.05, 3.63) is 24.3 Å². The first kappa shape index (κ1) is 52.9. The smallest absolute Gasteiger partial charge is 0.326 e. The molecule has 55 heavy (non-hydrogen) atoms. The highest BCUT2D eigenvalue weighted by Gasteiger charge is 2.19. The maximum absolute atomic E-state index is 12.8. The minimum absolute atomic E-state index is 0.00931. The first-order valence-electron chi connectivity index (χ1n) is 23.7. The molecule has 0 saturated heterocycles. The highest BCUT2D eigenvalue weighted by molar-refractivity contribution is 5.83. The molecule has 1 amide bonds. The minimum atomic E-state index is -1.00. The number of carboxylic acid groups (broad SMARTS) is 1. The third-order valence-corrected chi connectivity index (χ3v) is 10.8. The Balaban J connectivity index is 4.33. The van der Waals surface area contributed by atoms with Crippen LogP contribution in [-0.2, 0) is 19.1 Å². The molecule has 0 heterocycles. The monoisotopic (exact) mass is 775 g/mol. The summed E-state index contributed by atoms with van der Waals surface area (Å²) in [6.45, 7) is 4.94. The van der Waals surface area contributed by atoms with Gasteiger partial charge in [0.25, 0.3) is 0 Å². The number of rotatable bonds is 43. The van der Waals surface area contributed by atoms with E-state index in [0.717, 1.165) is 77.0 Å². The Kier molecular flexibility index (Phi) is 41.3. The lowest BCUT2D eigenvalue weighted by atomic mass is 10.0. The number of nitrogens with two attached hydrogens (primary N) is 1. The van der Waals surface area contributed by atoms with Crippen LogP contribution in [0.5, 0.6) is 0 Å². The number of allylic oxidation sites excluding steroid dienone is 4. The standard InChI is InChI=1S/C48H90N2O5/c1-3-5-7-9-11-13-15-17-19-21-23-25-27-32-36-42-47(52)55-44(38-33-29-26-24-22-20-18-16-14-12-10-8-6-4-2)39-34-30-28-31-35-41-46(51)50-45(48(53)54)40-37-43-49/h11,13,17,19,44-45H,3-10,12,14-16,18,20-43,49H2,1-2H3,(H,50,51)(H,53,54)/b13-11-,19-17-. The van der Waals surface area contributed by atoms with Crippen molar-refractivity contribution in [1.29, 1.82) is 0 Å². The number of ether oxygens (including phenoxy) is 1. The molecule has 7 heteroatoms. The fraction of sp³-hybridized carbons (Fsp3) is 0.854. The van der Waals surface area contributed by atoms with Crippen LogP contribution in [0.2, 0.25) is 0 Å². The second-order valence-electron chi connectivity index (χ2n) is 16.2. The van der Waals surface area contributed by atoms with E-state index in [2.05, 4.69) is 43.5 Å². The molecule has 4 N–H and O–H groups in total. The molecule has 0 spiro atoms. The molecule has 0 aliphatic carbocycles. The van der Waals surface area contributed by atoms with Crippen LogP contribution in [-0.4, -0.2) is 41.6 Å². The summed E-state index contributed by atoms with van der Waals surface area (Å²) < 4.78 is 6.06. The van der Waals surface area contributed by atoms with E-state index in [9.17, 15) is 19.5 Å². The molecular weight excluding hydrogens is 685 g/mol. The summed E-state index contributed by atoms with van der Waals surface area (Å²) >= 11 is 0. The number of carbonyl (C=O) groups is 3. The number of hydrogen-bond acceptors (Lipinski definition) is 5. The summed E-state index contributed by atoms with van der Waals surface area (Å²) in [4.78, 5) is 36.5. The number of hydrogen-bond donors (Lipinski definition) is 3. The molecule has 0 fully saturated rings. The molecule has 0 bridgehead atoms. The van der Waals surface area contributed by atoms with Crippen LogP contribution in [0, 0.1) is 0 Å². The van der Waals surface area contributed by atoms with Gasteiger partial charge in [0.05, 0.1) is 0 Å². The van der Waals surface area contributed by atoms with Crippen molar-refractivity contribution in [2.75, 3.05) is 6.54 Å². The number of carboxylic acids is 1. The van der Waals surface area contributed by atoms with Crippen molar-refractivity contribution in [3.8, 4) is 0 Å². The summed E-state index contributed by atoms with van der Waals surface area (Å²) in [6.07, 6.45) is 49.4. The second kappa shape index (κ2) is 43.0. The maximum Gasteiger partial charge on any atom is 0.326 e. The lowest BCUT2D eigenvalue weighted by Gasteiger charge is -2.18. The van der Waals surface area contributed by atoms with E-state index in [-0.39, 0.29) is 18.0 Å². The van der Waals surface area contributed by atoms with Gasteiger partial charge in [-0.15, -0.1) is 0 Å². The van der Waals surface area contributed by atoms with Crippen LogP contribution < -0.4 is 11.1 Å². The summed E-state index contributed by atoms with van der Waals surface area (Å²) in [5.74, 6) is -1.23. The number of esters is 1. The van der Waals surface area contributed by atoms with Gasteiger partial charge in [-0.05, 0) is 90.0 Å². The zero-order valence-corrected chi connectivity index (χ0v) is 36.3. The van der Waals surface area contributed by atoms with Crippen LogP contribution >= 0.6 is 0 Å². The van der Waals surface area contributed by atoms with E-state index in [1.54, 1.807) is 0 Å².